The molecule has 10 aromatic rings. The SMILES string of the molecule is c1ccc(N(c2ccc3ccccc3c2)c2cccc3ccccc23)c(-c2ccccc2N(c2ccc3ccccc3c2)c2cccc3ccccc23)c1. The number of benzene rings is 10. The maximum Gasteiger partial charge on any atom is 0.0541 e. The predicted octanol–water partition coefficient (Wildman–Crippen LogP) is 14.9. The van der Waals surface area contributed by atoms with Crippen LogP contribution in [0.4, 0.5) is 34.1 Å². The van der Waals surface area contributed by atoms with Crippen molar-refractivity contribution in [3.8, 4) is 11.1 Å². The second kappa shape index (κ2) is 13.4. The van der Waals surface area contributed by atoms with E-state index in [1.165, 1.54) is 43.1 Å². The Balaban J connectivity index is 1.24. The van der Waals surface area contributed by atoms with Gasteiger partial charge in [0.05, 0.1) is 22.7 Å². The Morgan fingerprint density at radius 3 is 1.02 bits per heavy atom. The lowest BCUT2D eigenvalue weighted by molar-refractivity contribution is 1.28. The van der Waals surface area contributed by atoms with Gasteiger partial charge in [-0.3, -0.25) is 0 Å². The minimum atomic E-state index is 1.10. The molecule has 0 aliphatic heterocycles. The summed E-state index contributed by atoms with van der Waals surface area (Å²) in [7, 11) is 0. The first-order valence-electron chi connectivity index (χ1n) is 18.5. The van der Waals surface area contributed by atoms with Gasteiger partial charge in [0.2, 0.25) is 0 Å². The Kier molecular flexibility index (Phi) is 7.85. The highest BCUT2D eigenvalue weighted by molar-refractivity contribution is 6.06. The van der Waals surface area contributed by atoms with E-state index in [9.17, 15) is 0 Å². The number of rotatable bonds is 7. The van der Waals surface area contributed by atoms with E-state index in [2.05, 4.69) is 228 Å². The fourth-order valence-electron chi connectivity index (χ4n) is 8.05. The van der Waals surface area contributed by atoms with Gasteiger partial charge in [-0.25, -0.2) is 0 Å². The molecule has 0 heterocycles. The van der Waals surface area contributed by atoms with E-state index in [1.807, 2.05) is 0 Å². The molecule has 0 fully saturated rings. The quantitative estimate of drug-likeness (QED) is 0.164. The van der Waals surface area contributed by atoms with Gasteiger partial charge in [-0.05, 0) is 80.8 Å². The van der Waals surface area contributed by atoms with Crippen molar-refractivity contribution in [3.05, 3.63) is 218 Å². The third kappa shape index (κ3) is 5.53. The van der Waals surface area contributed by atoms with Crippen LogP contribution in [0, 0.1) is 0 Å². The molecule has 0 aliphatic carbocycles. The van der Waals surface area contributed by atoms with Crippen molar-refractivity contribution in [2.45, 2.75) is 0 Å². The van der Waals surface area contributed by atoms with E-state index in [1.54, 1.807) is 0 Å². The maximum absolute atomic E-state index is 2.44. The molecule has 2 heteroatoms. The van der Waals surface area contributed by atoms with Crippen LogP contribution in [0.15, 0.2) is 218 Å². The second-order valence-corrected chi connectivity index (χ2v) is 13.8. The van der Waals surface area contributed by atoms with Crippen molar-refractivity contribution < 1.29 is 0 Å². The Morgan fingerprint density at radius 2 is 0.556 bits per heavy atom. The van der Waals surface area contributed by atoms with Crippen LogP contribution in [-0.4, -0.2) is 0 Å². The van der Waals surface area contributed by atoms with E-state index in [0.29, 0.717) is 0 Å². The molecule has 54 heavy (non-hydrogen) atoms. The molecular formula is C52H36N2. The Bertz CT molecular complexity index is 2760. The molecule has 10 rings (SSSR count). The summed E-state index contributed by atoms with van der Waals surface area (Å²) in [4.78, 5) is 4.89. The molecule has 2 nitrogen and oxygen atoms in total. The fourth-order valence-corrected chi connectivity index (χ4v) is 8.05. The molecule has 0 aliphatic rings. The average Bonchev–Trinajstić information content (AvgIpc) is 3.24. The first-order valence-corrected chi connectivity index (χ1v) is 18.5. The number of hydrogen-bond donors (Lipinski definition) is 0. The molecular weight excluding hydrogens is 653 g/mol. The van der Waals surface area contributed by atoms with Crippen LogP contribution in [0.1, 0.15) is 0 Å². The minimum Gasteiger partial charge on any atom is -0.309 e. The molecule has 0 N–H and O–H groups in total. The smallest absolute Gasteiger partial charge is 0.0541 e. The lowest BCUT2D eigenvalue weighted by atomic mass is 9.97. The molecule has 0 unspecified atom stereocenters. The zero-order valence-corrected chi connectivity index (χ0v) is 29.7. The molecule has 0 aromatic heterocycles. The first-order chi connectivity index (χ1) is 26.8. The van der Waals surface area contributed by atoms with Crippen LogP contribution in [0.25, 0.3) is 54.2 Å². The van der Waals surface area contributed by atoms with Crippen molar-refractivity contribution in [1.29, 1.82) is 0 Å². The van der Waals surface area contributed by atoms with Crippen LogP contribution in [0.5, 0.6) is 0 Å². The van der Waals surface area contributed by atoms with Crippen molar-refractivity contribution in [3.63, 3.8) is 0 Å². The monoisotopic (exact) mass is 688 g/mol. The van der Waals surface area contributed by atoms with Crippen molar-refractivity contribution >= 4 is 77.2 Å². The van der Waals surface area contributed by atoms with E-state index < -0.39 is 0 Å². The van der Waals surface area contributed by atoms with Crippen LogP contribution in [0.3, 0.4) is 0 Å². The van der Waals surface area contributed by atoms with E-state index in [-0.39, 0.29) is 0 Å². The zero-order valence-electron chi connectivity index (χ0n) is 29.7. The molecule has 0 saturated carbocycles. The van der Waals surface area contributed by atoms with Gasteiger partial charge in [0.25, 0.3) is 0 Å². The van der Waals surface area contributed by atoms with E-state index in [0.717, 1.165) is 45.3 Å². The normalized spacial score (nSPS) is 11.3. The third-order valence-electron chi connectivity index (χ3n) is 10.6. The van der Waals surface area contributed by atoms with Crippen LogP contribution in [-0.2, 0) is 0 Å². The van der Waals surface area contributed by atoms with Gasteiger partial charge in [-0.1, -0.05) is 170 Å². The fraction of sp³-hybridized carbons (Fsp3) is 0. The summed E-state index contributed by atoms with van der Waals surface area (Å²) in [5.74, 6) is 0. The van der Waals surface area contributed by atoms with Crippen molar-refractivity contribution in [2.24, 2.45) is 0 Å². The highest BCUT2D eigenvalue weighted by atomic mass is 15.2. The second-order valence-electron chi connectivity index (χ2n) is 13.8. The van der Waals surface area contributed by atoms with Crippen LogP contribution >= 0.6 is 0 Å². The third-order valence-corrected chi connectivity index (χ3v) is 10.6. The van der Waals surface area contributed by atoms with E-state index in [4.69, 9.17) is 0 Å². The molecule has 0 radical (unpaired) electrons. The Morgan fingerprint density at radius 1 is 0.222 bits per heavy atom. The maximum atomic E-state index is 2.44. The van der Waals surface area contributed by atoms with Gasteiger partial charge in [-0.15, -0.1) is 0 Å². The van der Waals surface area contributed by atoms with Gasteiger partial charge in [0.1, 0.15) is 0 Å². The highest BCUT2D eigenvalue weighted by Gasteiger charge is 2.24. The van der Waals surface area contributed by atoms with Crippen molar-refractivity contribution in [1.82, 2.24) is 0 Å². The lowest BCUT2D eigenvalue weighted by Gasteiger charge is -2.32. The Hall–Kier alpha value is -7.16. The van der Waals surface area contributed by atoms with Gasteiger partial charge in [0, 0.05) is 33.3 Å². The summed E-state index contributed by atoms with van der Waals surface area (Å²) in [5, 5.41) is 9.66. The summed E-state index contributed by atoms with van der Waals surface area (Å²) in [5.41, 5.74) is 8.97. The van der Waals surface area contributed by atoms with Gasteiger partial charge in [-0.2, -0.15) is 0 Å². The molecule has 0 bridgehead atoms. The summed E-state index contributed by atoms with van der Waals surface area (Å²) in [6.45, 7) is 0. The molecule has 10 aromatic carbocycles. The number of fused-ring (bicyclic) bond motifs is 4. The number of anilines is 6. The number of nitrogens with zero attached hydrogens (tertiary/aromatic N) is 2. The summed E-state index contributed by atoms with van der Waals surface area (Å²) >= 11 is 0. The predicted molar refractivity (Wildman–Crippen MR) is 231 cm³/mol. The highest BCUT2D eigenvalue weighted by Crippen LogP contribution is 2.49. The lowest BCUT2D eigenvalue weighted by Crippen LogP contribution is -2.14. The summed E-state index contributed by atoms with van der Waals surface area (Å²) < 4.78 is 0. The zero-order chi connectivity index (χ0) is 35.8. The van der Waals surface area contributed by atoms with Crippen LogP contribution < -0.4 is 9.80 Å². The van der Waals surface area contributed by atoms with Gasteiger partial charge >= 0.3 is 0 Å². The topological polar surface area (TPSA) is 6.48 Å². The molecule has 0 amide bonds. The number of hydrogen-bond acceptors (Lipinski definition) is 2. The largest absolute Gasteiger partial charge is 0.309 e. The van der Waals surface area contributed by atoms with E-state index >= 15 is 0 Å². The van der Waals surface area contributed by atoms with Gasteiger partial charge < -0.3 is 9.80 Å². The van der Waals surface area contributed by atoms with Crippen molar-refractivity contribution in [2.75, 3.05) is 9.80 Å². The minimum absolute atomic E-state index is 1.10. The number of para-hydroxylation sites is 2. The Labute approximate surface area is 315 Å². The van der Waals surface area contributed by atoms with Gasteiger partial charge in [0.15, 0.2) is 0 Å². The summed E-state index contributed by atoms with van der Waals surface area (Å²) in [6, 6.07) is 79.2. The molecule has 0 atom stereocenters. The first kappa shape index (κ1) is 31.6. The summed E-state index contributed by atoms with van der Waals surface area (Å²) in [6.07, 6.45) is 0. The molecule has 0 saturated heterocycles. The standard InChI is InChI=1S/C52H36N2/c1-3-19-41-35-43(33-31-37(41)15-1)53(49-29-13-21-39-17-5-7-23-45(39)49)51-27-11-9-25-47(51)48-26-10-12-28-52(48)54(44-34-32-38-16-2-4-20-42(38)36-44)50-30-14-22-40-18-6-8-24-46(40)50/h1-36H. The molecule has 0 spiro atoms. The molecule has 254 valence electrons. The average molecular weight is 689 g/mol. The van der Waals surface area contributed by atoms with Crippen LogP contribution in [0.2, 0.25) is 0 Å².